The lowest BCUT2D eigenvalue weighted by atomic mass is 9.87. The molecular weight excluding hydrogens is 278 g/mol. The Bertz CT molecular complexity index is 787. The van der Waals surface area contributed by atoms with Gasteiger partial charge in [0.1, 0.15) is 0 Å². The summed E-state index contributed by atoms with van der Waals surface area (Å²) in [4.78, 5) is 0. The van der Waals surface area contributed by atoms with Crippen molar-refractivity contribution in [3.05, 3.63) is 70.8 Å². The fourth-order valence-electron chi connectivity index (χ4n) is 3.29. The fourth-order valence-corrected chi connectivity index (χ4v) is 3.29. The first-order valence-corrected chi connectivity index (χ1v) is 8.48. The van der Waals surface area contributed by atoms with E-state index in [2.05, 4.69) is 88.5 Å². The van der Waals surface area contributed by atoms with Crippen LogP contribution < -0.4 is 5.32 Å². The molecule has 1 N–H and O–H groups in total. The Labute approximate surface area is 140 Å². The van der Waals surface area contributed by atoms with E-state index in [1.54, 1.807) is 0 Å². The van der Waals surface area contributed by atoms with Crippen molar-refractivity contribution in [3.63, 3.8) is 0 Å². The molecule has 1 heteroatoms. The molecule has 0 amide bonds. The summed E-state index contributed by atoms with van der Waals surface area (Å²) < 4.78 is 0. The summed E-state index contributed by atoms with van der Waals surface area (Å²) >= 11 is 0. The third-order valence-corrected chi connectivity index (χ3v) is 4.83. The highest BCUT2D eigenvalue weighted by atomic mass is 14.9. The van der Waals surface area contributed by atoms with E-state index in [0.29, 0.717) is 5.92 Å². The van der Waals surface area contributed by atoms with Gasteiger partial charge in [-0.3, -0.25) is 0 Å². The Morgan fingerprint density at radius 2 is 1.74 bits per heavy atom. The van der Waals surface area contributed by atoms with Gasteiger partial charge in [-0.15, -0.1) is 0 Å². The van der Waals surface area contributed by atoms with E-state index in [-0.39, 0.29) is 5.54 Å². The van der Waals surface area contributed by atoms with Crippen LogP contribution in [0.4, 0.5) is 0 Å². The van der Waals surface area contributed by atoms with Gasteiger partial charge in [-0.05, 0) is 56.5 Å². The van der Waals surface area contributed by atoms with E-state index >= 15 is 0 Å². The van der Waals surface area contributed by atoms with Gasteiger partial charge in [0.2, 0.25) is 0 Å². The lowest BCUT2D eigenvalue weighted by Crippen LogP contribution is -2.35. The van der Waals surface area contributed by atoms with Crippen LogP contribution in [0.5, 0.6) is 0 Å². The number of rotatable bonds is 3. The molecule has 0 bridgehead atoms. The second-order valence-electron chi connectivity index (χ2n) is 7.66. The van der Waals surface area contributed by atoms with E-state index in [4.69, 9.17) is 0 Å². The van der Waals surface area contributed by atoms with Crippen molar-refractivity contribution in [2.75, 3.05) is 0 Å². The number of hydrogen-bond donors (Lipinski definition) is 1. The van der Waals surface area contributed by atoms with Gasteiger partial charge < -0.3 is 5.32 Å². The van der Waals surface area contributed by atoms with Crippen LogP contribution in [-0.2, 0) is 6.54 Å². The van der Waals surface area contributed by atoms with Crippen molar-refractivity contribution in [2.24, 2.45) is 0 Å². The number of fused-ring (bicyclic) bond motifs is 1. The van der Waals surface area contributed by atoms with Crippen LogP contribution in [0, 0.1) is 0 Å². The molecule has 2 aromatic rings. The molecular formula is C22H27N. The first-order valence-electron chi connectivity index (χ1n) is 8.48. The zero-order valence-corrected chi connectivity index (χ0v) is 14.9. The van der Waals surface area contributed by atoms with Crippen LogP contribution in [0.1, 0.15) is 51.7 Å². The summed E-state index contributed by atoms with van der Waals surface area (Å²) in [7, 11) is 0. The van der Waals surface area contributed by atoms with Gasteiger partial charge in [0.15, 0.2) is 0 Å². The minimum Gasteiger partial charge on any atom is -0.308 e. The molecule has 23 heavy (non-hydrogen) atoms. The molecule has 0 radical (unpaired) electrons. The number of hydrogen-bond acceptors (Lipinski definition) is 1. The van der Waals surface area contributed by atoms with E-state index in [1.165, 1.54) is 33.0 Å². The first-order chi connectivity index (χ1) is 10.9. The van der Waals surface area contributed by atoms with Gasteiger partial charge in [0, 0.05) is 18.0 Å². The molecule has 1 atom stereocenters. The average molecular weight is 305 g/mol. The maximum absolute atomic E-state index is 3.68. The predicted molar refractivity (Wildman–Crippen MR) is 101 cm³/mol. The summed E-state index contributed by atoms with van der Waals surface area (Å²) in [5, 5.41) is 6.37. The highest BCUT2D eigenvalue weighted by Gasteiger charge is 2.21. The first kappa shape index (κ1) is 16.0. The molecule has 2 aromatic carbocycles. The summed E-state index contributed by atoms with van der Waals surface area (Å²) in [5.41, 5.74) is 5.85. The smallest absolute Gasteiger partial charge is 0.0237 e. The molecule has 120 valence electrons. The lowest BCUT2D eigenvalue weighted by Gasteiger charge is -2.24. The largest absolute Gasteiger partial charge is 0.308 e. The van der Waals surface area contributed by atoms with E-state index in [9.17, 15) is 0 Å². The molecule has 1 aliphatic carbocycles. The zero-order chi connectivity index (χ0) is 16.6. The Morgan fingerprint density at radius 3 is 2.39 bits per heavy atom. The molecule has 0 spiro atoms. The normalized spacial score (nSPS) is 18.2. The maximum Gasteiger partial charge on any atom is 0.0237 e. The van der Waals surface area contributed by atoms with Crippen LogP contribution >= 0.6 is 0 Å². The second kappa shape index (κ2) is 5.98. The Kier molecular flexibility index (Phi) is 4.16. The molecule has 0 aromatic heterocycles. The Balaban J connectivity index is 2.12. The molecule has 0 fully saturated rings. The van der Waals surface area contributed by atoms with Gasteiger partial charge in [0.05, 0.1) is 0 Å². The number of allylic oxidation sites excluding steroid dienone is 4. The van der Waals surface area contributed by atoms with Crippen molar-refractivity contribution in [1.29, 1.82) is 0 Å². The summed E-state index contributed by atoms with van der Waals surface area (Å²) in [6.45, 7) is 12.0. The standard InChI is InChI=1S/C22H27N/c1-15-10-12-18(16(15)2)20-13-11-17-8-6-7-9-19(17)21(20)14-23-22(3,4)5/h6-13,18,23H,14H2,1-5H3. The highest BCUT2D eigenvalue weighted by molar-refractivity contribution is 5.87. The van der Waals surface area contributed by atoms with Crippen molar-refractivity contribution >= 4 is 10.8 Å². The maximum atomic E-state index is 3.68. The molecule has 1 nitrogen and oxygen atoms in total. The van der Waals surface area contributed by atoms with Gasteiger partial charge in [-0.1, -0.05) is 59.7 Å². The third-order valence-electron chi connectivity index (χ3n) is 4.83. The number of benzene rings is 2. The summed E-state index contributed by atoms with van der Waals surface area (Å²) in [6.07, 6.45) is 4.60. The average Bonchev–Trinajstić information content (AvgIpc) is 2.83. The van der Waals surface area contributed by atoms with Gasteiger partial charge in [-0.25, -0.2) is 0 Å². The van der Waals surface area contributed by atoms with Crippen LogP contribution in [0.15, 0.2) is 59.7 Å². The highest BCUT2D eigenvalue weighted by Crippen LogP contribution is 2.37. The third kappa shape index (κ3) is 3.25. The zero-order valence-electron chi connectivity index (χ0n) is 14.9. The molecule has 3 rings (SSSR count). The van der Waals surface area contributed by atoms with Crippen LogP contribution in [0.25, 0.3) is 10.8 Å². The van der Waals surface area contributed by atoms with Crippen molar-refractivity contribution in [2.45, 2.75) is 52.6 Å². The van der Waals surface area contributed by atoms with E-state index < -0.39 is 0 Å². The fraction of sp³-hybridized carbons (Fsp3) is 0.364. The molecule has 0 saturated carbocycles. The van der Waals surface area contributed by atoms with Gasteiger partial charge >= 0.3 is 0 Å². The SMILES string of the molecule is CC1=C(C)C(c2ccc3ccccc3c2CNC(C)(C)C)C=C1. The van der Waals surface area contributed by atoms with Crippen molar-refractivity contribution in [1.82, 2.24) is 5.32 Å². The topological polar surface area (TPSA) is 12.0 Å². The quantitative estimate of drug-likeness (QED) is 0.765. The van der Waals surface area contributed by atoms with E-state index in [0.717, 1.165) is 6.54 Å². The monoisotopic (exact) mass is 305 g/mol. The van der Waals surface area contributed by atoms with Crippen LogP contribution in [0.2, 0.25) is 0 Å². The van der Waals surface area contributed by atoms with Crippen molar-refractivity contribution in [3.8, 4) is 0 Å². The molecule has 0 heterocycles. The molecule has 0 saturated heterocycles. The van der Waals surface area contributed by atoms with Crippen molar-refractivity contribution < 1.29 is 0 Å². The van der Waals surface area contributed by atoms with Crippen LogP contribution in [-0.4, -0.2) is 5.54 Å². The minimum absolute atomic E-state index is 0.112. The van der Waals surface area contributed by atoms with E-state index in [1.807, 2.05) is 0 Å². The van der Waals surface area contributed by atoms with Gasteiger partial charge in [-0.2, -0.15) is 0 Å². The Hall–Kier alpha value is -1.86. The number of nitrogens with one attached hydrogen (secondary N) is 1. The lowest BCUT2D eigenvalue weighted by molar-refractivity contribution is 0.424. The second-order valence-corrected chi connectivity index (χ2v) is 7.66. The predicted octanol–water partition coefficient (Wildman–Crippen LogP) is 5.72. The molecule has 1 unspecified atom stereocenters. The molecule has 1 aliphatic rings. The molecule has 0 aliphatic heterocycles. The summed E-state index contributed by atoms with van der Waals surface area (Å²) in [5.74, 6) is 0.413. The van der Waals surface area contributed by atoms with Gasteiger partial charge in [0.25, 0.3) is 0 Å². The van der Waals surface area contributed by atoms with Crippen LogP contribution in [0.3, 0.4) is 0 Å². The summed E-state index contributed by atoms with van der Waals surface area (Å²) in [6, 6.07) is 13.3. The minimum atomic E-state index is 0.112. The Morgan fingerprint density at radius 1 is 1.00 bits per heavy atom.